The van der Waals surface area contributed by atoms with Gasteiger partial charge in [-0.3, -0.25) is 9.78 Å². The molecule has 0 saturated heterocycles. The highest BCUT2D eigenvalue weighted by atomic mass is 16.5. The van der Waals surface area contributed by atoms with E-state index >= 15 is 0 Å². The number of amides is 1. The average molecular weight is 363 g/mol. The molecule has 2 heterocycles. The van der Waals surface area contributed by atoms with Gasteiger partial charge in [0.15, 0.2) is 0 Å². The summed E-state index contributed by atoms with van der Waals surface area (Å²) < 4.78 is 5.28. The number of para-hydroxylation sites is 1. The molecule has 0 aliphatic heterocycles. The molecule has 3 aromatic rings. The molecule has 1 atom stereocenters. The first-order valence-corrected chi connectivity index (χ1v) is 8.50. The van der Waals surface area contributed by atoms with Gasteiger partial charge in [-0.05, 0) is 24.3 Å². The lowest BCUT2D eigenvalue weighted by molar-refractivity contribution is 0.0594. The van der Waals surface area contributed by atoms with Gasteiger partial charge in [0.2, 0.25) is 5.95 Å². The summed E-state index contributed by atoms with van der Waals surface area (Å²) in [6.45, 7) is 0.341. The van der Waals surface area contributed by atoms with Crippen molar-refractivity contribution >= 4 is 17.5 Å². The molecule has 0 radical (unpaired) electrons. The van der Waals surface area contributed by atoms with E-state index in [1.807, 2.05) is 48.5 Å². The summed E-state index contributed by atoms with van der Waals surface area (Å²) >= 11 is 0. The second-order valence-electron chi connectivity index (χ2n) is 5.93. The summed E-state index contributed by atoms with van der Waals surface area (Å²) in [6, 6.07) is 14.9. The maximum Gasteiger partial charge on any atom is 0.257 e. The van der Waals surface area contributed by atoms with E-state index in [9.17, 15) is 4.79 Å². The lowest BCUT2D eigenvalue weighted by Gasteiger charge is -2.27. The zero-order chi connectivity index (χ0) is 19.1. The number of likely N-dealkylation sites (N-methyl/N-ethyl adjacent to an activating group) is 1. The van der Waals surface area contributed by atoms with Crippen molar-refractivity contribution in [3.63, 3.8) is 0 Å². The van der Waals surface area contributed by atoms with Gasteiger partial charge >= 0.3 is 0 Å². The van der Waals surface area contributed by atoms with E-state index in [0.717, 1.165) is 11.4 Å². The number of hydrogen-bond acceptors (Lipinski definition) is 6. The van der Waals surface area contributed by atoms with Crippen molar-refractivity contribution in [2.45, 2.75) is 6.04 Å². The van der Waals surface area contributed by atoms with E-state index in [4.69, 9.17) is 4.74 Å². The molecule has 1 N–H and O–H groups in total. The van der Waals surface area contributed by atoms with Gasteiger partial charge in [-0.2, -0.15) is 0 Å². The van der Waals surface area contributed by atoms with Gasteiger partial charge < -0.3 is 15.0 Å². The Morgan fingerprint density at radius 3 is 2.41 bits per heavy atom. The standard InChI is InChI=1S/C20H21N5O2/c1-25(18(14-27-2)17-10-6-7-11-21-17)19(26)15-12-22-20(23-13-15)24-16-8-4-3-5-9-16/h3-13,18H,14H2,1-2H3,(H,22,23,24). The highest BCUT2D eigenvalue weighted by molar-refractivity contribution is 5.93. The number of hydrogen-bond donors (Lipinski definition) is 1. The molecule has 2 aromatic heterocycles. The first-order valence-electron chi connectivity index (χ1n) is 8.50. The highest BCUT2D eigenvalue weighted by Gasteiger charge is 2.24. The predicted molar refractivity (Wildman–Crippen MR) is 103 cm³/mol. The smallest absolute Gasteiger partial charge is 0.257 e. The summed E-state index contributed by atoms with van der Waals surface area (Å²) in [7, 11) is 3.32. The fourth-order valence-corrected chi connectivity index (χ4v) is 2.63. The van der Waals surface area contributed by atoms with E-state index in [1.54, 1.807) is 25.3 Å². The van der Waals surface area contributed by atoms with E-state index in [-0.39, 0.29) is 11.9 Å². The molecule has 3 rings (SSSR count). The molecule has 0 fully saturated rings. The van der Waals surface area contributed by atoms with Crippen molar-refractivity contribution < 1.29 is 9.53 Å². The monoisotopic (exact) mass is 363 g/mol. The van der Waals surface area contributed by atoms with Crippen LogP contribution in [0.1, 0.15) is 22.1 Å². The largest absolute Gasteiger partial charge is 0.382 e. The van der Waals surface area contributed by atoms with Crippen LogP contribution in [-0.2, 0) is 4.74 Å². The van der Waals surface area contributed by atoms with Crippen molar-refractivity contribution in [2.75, 3.05) is 26.1 Å². The van der Waals surface area contributed by atoms with Crippen molar-refractivity contribution in [2.24, 2.45) is 0 Å². The van der Waals surface area contributed by atoms with Crippen LogP contribution in [0.3, 0.4) is 0 Å². The predicted octanol–water partition coefficient (Wildman–Crippen LogP) is 3.07. The van der Waals surface area contributed by atoms with Gasteiger partial charge in [-0.15, -0.1) is 0 Å². The second kappa shape index (κ2) is 8.86. The van der Waals surface area contributed by atoms with Crippen molar-refractivity contribution in [3.05, 3.63) is 78.4 Å². The Morgan fingerprint density at radius 2 is 1.78 bits per heavy atom. The fourth-order valence-electron chi connectivity index (χ4n) is 2.63. The quantitative estimate of drug-likeness (QED) is 0.695. The number of anilines is 2. The third-order valence-electron chi connectivity index (χ3n) is 4.07. The van der Waals surface area contributed by atoms with E-state index in [0.29, 0.717) is 18.1 Å². The van der Waals surface area contributed by atoms with Crippen LogP contribution < -0.4 is 5.32 Å². The maximum absolute atomic E-state index is 12.8. The number of carbonyl (C=O) groups excluding carboxylic acids is 1. The number of carbonyl (C=O) groups is 1. The lowest BCUT2D eigenvalue weighted by Crippen LogP contribution is -2.34. The van der Waals surface area contributed by atoms with Gasteiger partial charge in [-0.1, -0.05) is 24.3 Å². The van der Waals surface area contributed by atoms with Crippen LogP contribution >= 0.6 is 0 Å². The summed E-state index contributed by atoms with van der Waals surface area (Å²) in [5, 5.41) is 3.09. The van der Waals surface area contributed by atoms with Gasteiger partial charge in [0.1, 0.15) is 0 Å². The molecule has 7 heteroatoms. The van der Waals surface area contributed by atoms with Crippen LogP contribution in [0, 0.1) is 0 Å². The van der Waals surface area contributed by atoms with Crippen LogP contribution in [0.5, 0.6) is 0 Å². The number of methoxy groups -OCH3 is 1. The maximum atomic E-state index is 12.8. The van der Waals surface area contributed by atoms with Gasteiger partial charge in [0.05, 0.1) is 23.9 Å². The normalized spacial score (nSPS) is 11.6. The van der Waals surface area contributed by atoms with Crippen LogP contribution in [0.25, 0.3) is 0 Å². The minimum absolute atomic E-state index is 0.200. The van der Waals surface area contributed by atoms with Gasteiger partial charge in [-0.25, -0.2) is 9.97 Å². The highest BCUT2D eigenvalue weighted by Crippen LogP contribution is 2.20. The van der Waals surface area contributed by atoms with E-state index in [2.05, 4.69) is 20.3 Å². The second-order valence-corrected chi connectivity index (χ2v) is 5.93. The zero-order valence-electron chi connectivity index (χ0n) is 15.2. The van der Waals surface area contributed by atoms with Crippen LogP contribution in [-0.4, -0.2) is 46.5 Å². The van der Waals surface area contributed by atoms with Gasteiger partial charge in [0.25, 0.3) is 5.91 Å². The van der Waals surface area contributed by atoms with Crippen LogP contribution in [0.2, 0.25) is 0 Å². The first kappa shape index (κ1) is 18.5. The molecule has 0 aliphatic carbocycles. The molecule has 0 bridgehead atoms. The molecular formula is C20H21N5O2. The number of benzene rings is 1. The third kappa shape index (κ3) is 4.65. The number of nitrogens with zero attached hydrogens (tertiary/aromatic N) is 4. The molecule has 0 aliphatic rings. The molecule has 27 heavy (non-hydrogen) atoms. The van der Waals surface area contributed by atoms with Gasteiger partial charge in [0, 0.05) is 38.4 Å². The van der Waals surface area contributed by atoms with Crippen LogP contribution in [0.15, 0.2) is 67.1 Å². The molecule has 0 saturated carbocycles. The third-order valence-corrected chi connectivity index (χ3v) is 4.07. The number of nitrogens with one attached hydrogen (secondary N) is 1. The molecule has 1 amide bonds. The average Bonchev–Trinajstić information content (AvgIpc) is 2.73. The molecule has 1 unspecified atom stereocenters. The summed E-state index contributed by atoms with van der Waals surface area (Å²) in [5.41, 5.74) is 2.04. The molecule has 0 spiro atoms. The molecule has 1 aromatic carbocycles. The van der Waals surface area contributed by atoms with Crippen molar-refractivity contribution in [3.8, 4) is 0 Å². The minimum atomic E-state index is -0.300. The van der Waals surface area contributed by atoms with E-state index < -0.39 is 0 Å². The lowest BCUT2D eigenvalue weighted by atomic mass is 10.1. The van der Waals surface area contributed by atoms with E-state index in [1.165, 1.54) is 12.4 Å². The Balaban J connectivity index is 1.74. The Kier molecular flexibility index (Phi) is 6.06. The molecule has 138 valence electrons. The molecule has 7 nitrogen and oxygen atoms in total. The minimum Gasteiger partial charge on any atom is -0.382 e. The zero-order valence-corrected chi connectivity index (χ0v) is 15.2. The SMILES string of the molecule is COCC(c1ccccn1)N(C)C(=O)c1cnc(Nc2ccccc2)nc1. The van der Waals surface area contributed by atoms with Crippen molar-refractivity contribution in [1.29, 1.82) is 0 Å². The summed E-state index contributed by atoms with van der Waals surface area (Å²) in [4.78, 5) is 27.3. The number of aromatic nitrogens is 3. The Morgan fingerprint density at radius 1 is 1.07 bits per heavy atom. The number of rotatable bonds is 7. The first-order chi connectivity index (χ1) is 13.2. The van der Waals surface area contributed by atoms with Crippen LogP contribution in [0.4, 0.5) is 11.6 Å². The Hall–Kier alpha value is -3.32. The fraction of sp³-hybridized carbons (Fsp3) is 0.200. The Labute approximate surface area is 158 Å². The number of ether oxygens (including phenoxy) is 1. The van der Waals surface area contributed by atoms with Crippen molar-refractivity contribution in [1.82, 2.24) is 19.9 Å². The summed E-state index contributed by atoms with van der Waals surface area (Å²) in [5.74, 6) is 0.229. The number of pyridine rings is 1. The summed E-state index contributed by atoms with van der Waals surface area (Å²) in [6.07, 6.45) is 4.72. The topological polar surface area (TPSA) is 80.2 Å². The Bertz CT molecular complexity index is 857. The molecular weight excluding hydrogens is 342 g/mol.